The molecule has 1 aromatic carbocycles. The van der Waals surface area contributed by atoms with Gasteiger partial charge in [0, 0.05) is 0 Å². The van der Waals surface area contributed by atoms with E-state index in [0.29, 0.717) is 5.92 Å². The van der Waals surface area contributed by atoms with Crippen LogP contribution in [0.4, 0.5) is 0 Å². The molecule has 0 aromatic heterocycles. The van der Waals surface area contributed by atoms with Crippen molar-refractivity contribution in [2.45, 2.75) is 78.4 Å². The highest BCUT2D eigenvalue weighted by molar-refractivity contribution is 6.62. The molecule has 4 heteroatoms. The van der Waals surface area contributed by atoms with Gasteiger partial charge in [-0.15, -0.1) is 0 Å². The maximum absolute atomic E-state index is 6.09. The zero-order valence-corrected chi connectivity index (χ0v) is 16.2. The molecule has 0 spiro atoms. The standard InChI is InChI=1S/C20H33BO3/c1-7-9-10-16(8-2)15-22-18-13-11-17(12-14-18)21-23-19(3,4)20(5,6)24-21/h11-14,16H,7-10,15H2,1-6H3. The van der Waals surface area contributed by atoms with Gasteiger partial charge in [0.2, 0.25) is 0 Å². The van der Waals surface area contributed by atoms with Crippen molar-refractivity contribution >= 4 is 12.6 Å². The molecule has 134 valence electrons. The van der Waals surface area contributed by atoms with E-state index in [1.165, 1.54) is 25.7 Å². The van der Waals surface area contributed by atoms with Crippen LogP contribution in [0, 0.1) is 5.92 Å². The van der Waals surface area contributed by atoms with E-state index in [4.69, 9.17) is 14.0 Å². The summed E-state index contributed by atoms with van der Waals surface area (Å²) in [4.78, 5) is 0. The molecule has 1 aliphatic heterocycles. The fourth-order valence-electron chi connectivity index (χ4n) is 2.81. The van der Waals surface area contributed by atoms with Gasteiger partial charge in [0.15, 0.2) is 0 Å². The number of rotatable bonds is 8. The summed E-state index contributed by atoms with van der Waals surface area (Å²) < 4.78 is 18.1. The lowest BCUT2D eigenvalue weighted by molar-refractivity contribution is 0.00578. The van der Waals surface area contributed by atoms with E-state index in [1.807, 2.05) is 24.3 Å². The summed E-state index contributed by atoms with van der Waals surface area (Å²) in [5.74, 6) is 1.57. The Morgan fingerprint density at radius 1 is 1.00 bits per heavy atom. The van der Waals surface area contributed by atoms with Gasteiger partial charge in [0.05, 0.1) is 17.8 Å². The number of hydrogen-bond acceptors (Lipinski definition) is 3. The van der Waals surface area contributed by atoms with Gasteiger partial charge >= 0.3 is 7.12 Å². The molecule has 2 rings (SSSR count). The Morgan fingerprint density at radius 3 is 2.08 bits per heavy atom. The van der Waals surface area contributed by atoms with Gasteiger partial charge in [-0.1, -0.05) is 45.2 Å². The molecule has 0 aliphatic carbocycles. The topological polar surface area (TPSA) is 27.7 Å². The molecule has 1 fully saturated rings. The smallest absolute Gasteiger partial charge is 0.493 e. The molecule has 3 nitrogen and oxygen atoms in total. The third-order valence-electron chi connectivity index (χ3n) is 5.43. The molecule has 1 unspecified atom stereocenters. The van der Waals surface area contributed by atoms with Gasteiger partial charge in [-0.25, -0.2) is 0 Å². The SMILES string of the molecule is CCCCC(CC)COc1ccc(B2OC(C)(C)C(C)(C)O2)cc1. The number of benzene rings is 1. The minimum Gasteiger partial charge on any atom is -0.493 e. The predicted octanol–water partition coefficient (Wildman–Crippen LogP) is 4.58. The minimum absolute atomic E-state index is 0.305. The van der Waals surface area contributed by atoms with Crippen molar-refractivity contribution < 1.29 is 14.0 Å². The Morgan fingerprint density at radius 2 is 1.58 bits per heavy atom. The second kappa shape index (κ2) is 7.92. The molecule has 1 aromatic rings. The van der Waals surface area contributed by atoms with Crippen LogP contribution >= 0.6 is 0 Å². The van der Waals surface area contributed by atoms with Crippen LogP contribution in [-0.2, 0) is 9.31 Å². The van der Waals surface area contributed by atoms with E-state index < -0.39 is 0 Å². The average molecular weight is 332 g/mol. The molecule has 0 N–H and O–H groups in total. The second-order valence-electron chi connectivity index (χ2n) is 7.88. The van der Waals surface area contributed by atoms with E-state index >= 15 is 0 Å². The van der Waals surface area contributed by atoms with Crippen molar-refractivity contribution in [3.8, 4) is 5.75 Å². The molecule has 1 aliphatic rings. The van der Waals surface area contributed by atoms with Crippen molar-refractivity contribution in [1.29, 1.82) is 0 Å². The predicted molar refractivity (Wildman–Crippen MR) is 101 cm³/mol. The first-order valence-electron chi connectivity index (χ1n) is 9.37. The van der Waals surface area contributed by atoms with Crippen LogP contribution in [0.1, 0.15) is 67.2 Å². The lowest BCUT2D eigenvalue weighted by Crippen LogP contribution is -2.41. The Kier molecular flexibility index (Phi) is 6.38. The highest BCUT2D eigenvalue weighted by atomic mass is 16.7. The van der Waals surface area contributed by atoms with E-state index in [1.54, 1.807) is 0 Å². The normalized spacial score (nSPS) is 20.2. The fraction of sp³-hybridized carbons (Fsp3) is 0.700. The zero-order chi connectivity index (χ0) is 17.8. The summed E-state index contributed by atoms with van der Waals surface area (Å²) in [6, 6.07) is 8.13. The molecule has 24 heavy (non-hydrogen) atoms. The van der Waals surface area contributed by atoms with Crippen molar-refractivity contribution in [3.05, 3.63) is 24.3 Å². The summed E-state index contributed by atoms with van der Waals surface area (Å²) in [5, 5.41) is 0. The van der Waals surface area contributed by atoms with Crippen LogP contribution in [0.25, 0.3) is 0 Å². The maximum atomic E-state index is 6.09. The van der Waals surface area contributed by atoms with Crippen molar-refractivity contribution in [2.75, 3.05) is 6.61 Å². The van der Waals surface area contributed by atoms with Crippen molar-refractivity contribution in [2.24, 2.45) is 5.92 Å². The lowest BCUT2D eigenvalue weighted by Gasteiger charge is -2.32. The van der Waals surface area contributed by atoms with Crippen molar-refractivity contribution in [1.82, 2.24) is 0 Å². The molecule has 0 amide bonds. The van der Waals surface area contributed by atoms with Gasteiger partial charge in [0.25, 0.3) is 0 Å². The van der Waals surface area contributed by atoms with Crippen LogP contribution in [-0.4, -0.2) is 24.9 Å². The number of hydrogen-bond donors (Lipinski definition) is 0. The zero-order valence-electron chi connectivity index (χ0n) is 16.2. The Hall–Kier alpha value is -0.995. The van der Waals surface area contributed by atoms with E-state index in [-0.39, 0.29) is 18.3 Å². The molecule has 0 saturated carbocycles. The van der Waals surface area contributed by atoms with Gasteiger partial charge in [-0.05, 0) is 57.6 Å². The number of unbranched alkanes of at least 4 members (excludes halogenated alkanes) is 1. The van der Waals surface area contributed by atoms with Crippen LogP contribution in [0.3, 0.4) is 0 Å². The monoisotopic (exact) mass is 332 g/mol. The fourth-order valence-corrected chi connectivity index (χ4v) is 2.81. The van der Waals surface area contributed by atoms with Gasteiger partial charge < -0.3 is 14.0 Å². The molecule has 0 bridgehead atoms. The Labute approximate surface area is 148 Å². The quantitative estimate of drug-likeness (QED) is 0.652. The van der Waals surface area contributed by atoms with Crippen molar-refractivity contribution in [3.63, 3.8) is 0 Å². The van der Waals surface area contributed by atoms with Crippen LogP contribution in [0.5, 0.6) is 5.75 Å². The summed E-state index contributed by atoms with van der Waals surface area (Å²) in [6.45, 7) is 13.6. The van der Waals surface area contributed by atoms with Gasteiger partial charge in [-0.2, -0.15) is 0 Å². The largest absolute Gasteiger partial charge is 0.494 e. The maximum Gasteiger partial charge on any atom is 0.494 e. The number of ether oxygens (including phenoxy) is 1. The highest BCUT2D eigenvalue weighted by Crippen LogP contribution is 2.36. The Bertz CT molecular complexity index is 494. The first-order chi connectivity index (χ1) is 11.3. The first-order valence-corrected chi connectivity index (χ1v) is 9.37. The van der Waals surface area contributed by atoms with Crippen LogP contribution in [0.15, 0.2) is 24.3 Å². The first kappa shape index (κ1) is 19.3. The van der Waals surface area contributed by atoms with Crippen LogP contribution < -0.4 is 10.2 Å². The summed E-state index contributed by atoms with van der Waals surface area (Å²) in [6.07, 6.45) is 4.95. The third kappa shape index (κ3) is 4.55. The van der Waals surface area contributed by atoms with Crippen LogP contribution in [0.2, 0.25) is 0 Å². The minimum atomic E-state index is -0.308. The van der Waals surface area contributed by atoms with E-state index in [2.05, 4.69) is 41.5 Å². The highest BCUT2D eigenvalue weighted by Gasteiger charge is 2.51. The van der Waals surface area contributed by atoms with Gasteiger partial charge in [-0.3, -0.25) is 0 Å². The third-order valence-corrected chi connectivity index (χ3v) is 5.43. The molecule has 1 atom stereocenters. The summed E-state index contributed by atoms with van der Waals surface area (Å²) in [5.41, 5.74) is 0.431. The van der Waals surface area contributed by atoms with Gasteiger partial charge in [0.1, 0.15) is 5.75 Å². The van der Waals surface area contributed by atoms with E-state index in [9.17, 15) is 0 Å². The summed E-state index contributed by atoms with van der Waals surface area (Å²) >= 11 is 0. The molecular formula is C20H33BO3. The second-order valence-corrected chi connectivity index (χ2v) is 7.88. The average Bonchev–Trinajstić information content (AvgIpc) is 2.76. The Balaban J connectivity index is 1.92. The molecule has 0 radical (unpaired) electrons. The van der Waals surface area contributed by atoms with E-state index in [0.717, 1.165) is 17.8 Å². The lowest BCUT2D eigenvalue weighted by atomic mass is 9.79. The molecule has 1 heterocycles. The summed E-state index contributed by atoms with van der Waals surface area (Å²) in [7, 11) is -0.308. The molecule has 1 saturated heterocycles. The molecular weight excluding hydrogens is 299 g/mol.